The first kappa shape index (κ1) is 50.8. The molecule has 0 aliphatic carbocycles. The van der Waals surface area contributed by atoms with Crippen molar-refractivity contribution in [2.75, 3.05) is 0 Å². The summed E-state index contributed by atoms with van der Waals surface area (Å²) in [6.07, 6.45) is 0. The normalized spacial score (nSPS) is 2.14. The van der Waals surface area contributed by atoms with Crippen LogP contribution in [0, 0.1) is 0 Å². The van der Waals surface area contributed by atoms with Crippen molar-refractivity contribution in [3.63, 3.8) is 0 Å². The van der Waals surface area contributed by atoms with E-state index in [9.17, 15) is 0 Å². The maximum absolute atomic E-state index is 6.05. The van der Waals surface area contributed by atoms with Crippen LogP contribution >= 0.6 is 9.12 Å². The van der Waals surface area contributed by atoms with E-state index >= 15 is 0 Å². The quantitative estimate of drug-likeness (QED) is 0.345. The van der Waals surface area contributed by atoms with Gasteiger partial charge >= 0.3 is 0 Å². The minimum atomic E-state index is 0. The summed E-state index contributed by atoms with van der Waals surface area (Å²) in [5, 5.41) is 0. The molecule has 0 N–H and O–H groups in total. The molecule has 1 radical (unpaired) electrons. The molecule has 1 atom stereocenters. The van der Waals surface area contributed by atoms with Gasteiger partial charge in [-0.1, -0.05) is 37.1 Å². The van der Waals surface area contributed by atoms with Crippen LogP contribution in [0.15, 0.2) is 0 Å². The van der Waals surface area contributed by atoms with Gasteiger partial charge in [0.2, 0.25) is 0 Å². The van der Waals surface area contributed by atoms with Crippen LogP contribution in [0.4, 0.5) is 0 Å². The van der Waals surface area contributed by atoms with Crippen LogP contribution in [0.1, 0.15) is 37.1 Å². The van der Waals surface area contributed by atoms with Crippen molar-refractivity contribution in [2.45, 2.75) is 37.1 Å². The van der Waals surface area contributed by atoms with Crippen molar-refractivity contribution in [3.05, 3.63) is 0 Å². The Balaban J connectivity index is -0.00000000200. The van der Waals surface area contributed by atoms with Crippen molar-refractivity contribution in [1.82, 2.24) is 0 Å². The molecule has 2 heteroatoms. The van der Waals surface area contributed by atoms with Gasteiger partial charge in [0, 0.05) is 0 Å². The molecule has 0 amide bonds. The average molecular weight is 126 g/mol. The fourth-order valence-corrected chi connectivity index (χ4v) is 0. The second-order valence-corrected chi connectivity index (χ2v) is 0. The van der Waals surface area contributed by atoms with Crippen molar-refractivity contribution in [2.24, 2.45) is 0 Å². The van der Waals surface area contributed by atoms with Crippen LogP contribution in [0.5, 0.6) is 0 Å². The highest BCUT2D eigenvalue weighted by Gasteiger charge is 0.978. The highest BCUT2D eigenvalue weighted by molar-refractivity contribution is 7.49. The Kier molecular flexibility index (Phi) is 5810. The predicted octanol–water partition coefficient (Wildman–Crippen LogP) is 2.86. The van der Waals surface area contributed by atoms with Gasteiger partial charge in [-0.05, 0) is 1.34 Å². The fraction of sp³-hybridized carbons (Fsp3) is 1.00. The zero-order valence-corrected chi connectivity index (χ0v) is 2.31. The average Bonchev–Trinajstić information content (AvgIpc) is 0.918. The molecule has 0 aliphatic rings. The van der Waals surface area contributed by atoms with Gasteiger partial charge in [-0.2, -0.15) is 9.12 Å². The first-order valence-corrected chi connectivity index (χ1v) is 1.00. The van der Waals surface area contributed by atoms with Gasteiger partial charge in [-0.25, -0.2) is 0 Å². The molecule has 0 aromatic heterocycles. The Labute approximate surface area is 56.0 Å². The summed E-state index contributed by atoms with van der Waals surface area (Å²) in [6.45, 7) is 0. The lowest BCUT2D eigenvalue weighted by Crippen LogP contribution is -0.937. The first-order valence-electron chi connectivity index (χ1n) is 0.911. The minimum absolute atomic E-state index is 0. The minimum Gasteiger partial charge on any atom is -0.183 e. The van der Waals surface area contributed by atoms with Crippen LogP contribution in [-0.2, 0) is 0 Å². The molecule has 1 unspecified atom stereocenters. The Morgan fingerprint density at radius 1 is 1.00 bits per heavy atom. The molecule has 0 saturated heterocycles. The van der Waals surface area contributed by atoms with Crippen LogP contribution in [0.25, 0.3) is 0 Å². The Morgan fingerprint density at radius 2 is 1.00 bits per heavy atom. The summed E-state index contributed by atoms with van der Waals surface area (Å²) in [5.41, 5.74) is 0. The lowest BCUT2D eigenvalue weighted by atomic mass is 10.8. The molecule has 0 bridgehead atoms. The molecule has 0 saturated carbocycles. The first-order chi connectivity index (χ1) is 1.41. The van der Waals surface area contributed by atoms with E-state index in [2.05, 4.69) is 9.12 Å². The summed E-state index contributed by atoms with van der Waals surface area (Å²) in [5.74, 6) is 0. The lowest BCUT2D eigenvalue weighted by molar-refractivity contribution is 2.50. The summed E-state index contributed by atoms with van der Waals surface area (Å²) >= 11 is 0. The van der Waals surface area contributed by atoms with E-state index < -0.39 is 0 Å². The third-order valence-electron chi connectivity index (χ3n) is 0. The van der Waals surface area contributed by atoms with E-state index in [0.717, 1.165) is 0 Å². The summed E-state index contributed by atoms with van der Waals surface area (Å²) in [7, 11) is 3.29. The van der Waals surface area contributed by atoms with Crippen molar-refractivity contribution in [1.29, 1.82) is 1.34 Å². The Morgan fingerprint density at radius 3 is 1.00 bits per heavy atom. The Hall–Kier alpha value is 0.495. The van der Waals surface area contributed by atoms with Gasteiger partial charge in [-0.3, -0.25) is 0 Å². The lowest BCUT2D eigenvalue weighted by Gasteiger charge is -1.04. The maximum atomic E-state index is 6.05. The molecule has 0 fully saturated rings. The third kappa shape index (κ3) is 536. The summed E-state index contributed by atoms with van der Waals surface area (Å²) in [4.78, 5) is 0. The van der Waals surface area contributed by atoms with Crippen LogP contribution in [-0.4, -0.2) is 8.86 Å². The van der Waals surface area contributed by atoms with Crippen molar-refractivity contribution >= 4 is 16.6 Å². The van der Waals surface area contributed by atoms with E-state index in [1.165, 1.54) is 7.53 Å². The van der Waals surface area contributed by atoms with Crippen molar-refractivity contribution in [3.8, 4) is 0 Å². The second kappa shape index (κ2) is 801. The molecule has 51 valence electrons. The van der Waals surface area contributed by atoms with E-state index in [4.69, 9.17) is 1.34 Å². The van der Waals surface area contributed by atoms with E-state index in [0.29, 0.717) is 0 Å². The third-order valence-corrected chi connectivity index (χ3v) is 0. The molecule has 0 spiro atoms. The maximum Gasteiger partial charge on any atom is 0.116 e. The van der Waals surface area contributed by atoms with Gasteiger partial charge in [0.05, 0.1) is 0 Å². The van der Waals surface area contributed by atoms with Gasteiger partial charge in [-0.15, -0.1) is 0 Å². The van der Waals surface area contributed by atoms with Gasteiger partial charge in [0.25, 0.3) is 0 Å². The van der Waals surface area contributed by atoms with Gasteiger partial charge in [0.1, 0.15) is 7.53 Å². The molecule has 0 aromatic rings. The summed E-state index contributed by atoms with van der Waals surface area (Å²) < 4.78 is 6.05. The number of rotatable bonds is 0. The molecule has 0 aliphatic heterocycles. The van der Waals surface area contributed by atoms with E-state index in [1.807, 2.05) is 0 Å². The number of hydrogen-bond donors (Lipinski definition) is 0. The summed E-state index contributed by atoms with van der Waals surface area (Å²) in [6, 6.07) is 0. The zero-order chi connectivity index (χ0) is 2.71. The molecule has 7 heavy (non-hydrogen) atoms. The van der Waals surface area contributed by atoms with Gasteiger partial charge < -0.3 is 0 Å². The Bertz CT molecular complexity index is 12.4. The molecule has 0 nitrogen and oxygen atoms in total. The molecular weight excluding hydrogens is 102 g/mol. The van der Waals surface area contributed by atoms with Crippen LogP contribution < -0.4 is 0 Å². The van der Waals surface area contributed by atoms with E-state index in [-0.39, 0.29) is 37.1 Å². The molecule has 0 aromatic carbocycles. The zero-order valence-electron chi connectivity index (χ0n) is 2.15. The highest BCUT2D eigenvalue weighted by atomic mass is 31.0. The smallest absolute Gasteiger partial charge is 0.116 e. The number of hydrogen-bond acceptors (Lipinski definition) is 0. The van der Waals surface area contributed by atoms with Crippen molar-refractivity contribution < 1.29 is 0 Å². The van der Waals surface area contributed by atoms with Crippen LogP contribution in [0.2, 0.25) is 0 Å². The SMILES string of the molecule is C.C.C.C.C.[2H][B]P. The van der Waals surface area contributed by atoms with Gasteiger partial charge in [0.15, 0.2) is 0 Å². The predicted molar refractivity (Wildman–Crippen MR) is 50.5 cm³/mol. The highest BCUT2D eigenvalue weighted by Crippen LogP contribution is 1.42. The monoisotopic (exact) mass is 126 g/mol. The fourth-order valence-electron chi connectivity index (χ4n) is 0. The van der Waals surface area contributed by atoms with E-state index in [1.54, 1.807) is 0 Å². The largest absolute Gasteiger partial charge is 0.183 e. The molecule has 0 heterocycles. The second-order valence-electron chi connectivity index (χ2n) is 0. The topological polar surface area (TPSA) is 0 Å². The molecule has 0 rings (SSSR count). The van der Waals surface area contributed by atoms with Crippen LogP contribution in [0.3, 0.4) is 0 Å². The standard InChI is InChI=1S/5CH4.BH3P/c;;;;;1-2/h5*1H4;1H,2H2/i;;;;;1D. The molecular formula is C5H23BP.